The topological polar surface area (TPSA) is 63.1 Å². The van der Waals surface area contributed by atoms with Crippen LogP contribution in [0.2, 0.25) is 0 Å². The minimum absolute atomic E-state index is 0.129. The van der Waals surface area contributed by atoms with Gasteiger partial charge in [-0.15, -0.1) is 23.1 Å². The lowest BCUT2D eigenvalue weighted by molar-refractivity contribution is 0.0696. The average Bonchev–Trinajstić information content (AvgIpc) is 2.77. The molecule has 0 bridgehead atoms. The molecule has 88 valence electrons. The Kier molecular flexibility index (Phi) is 4.14. The summed E-state index contributed by atoms with van der Waals surface area (Å²) in [5.41, 5.74) is 0.766. The highest BCUT2D eigenvalue weighted by atomic mass is 79.9. The van der Waals surface area contributed by atoms with E-state index in [2.05, 4.69) is 25.9 Å². The molecule has 2 heterocycles. The van der Waals surface area contributed by atoms with E-state index < -0.39 is 5.97 Å². The first-order valence-corrected chi connectivity index (χ1v) is 7.23. The van der Waals surface area contributed by atoms with Crippen LogP contribution in [-0.4, -0.2) is 21.0 Å². The first kappa shape index (κ1) is 12.5. The molecule has 2 rings (SSSR count). The van der Waals surface area contributed by atoms with Crippen molar-refractivity contribution in [3.63, 3.8) is 0 Å². The van der Waals surface area contributed by atoms with Crippen molar-refractivity contribution in [3.8, 4) is 0 Å². The van der Waals surface area contributed by atoms with Crippen LogP contribution in [0.15, 0.2) is 33.2 Å². The number of carboxylic acid groups (broad SMARTS) is 1. The van der Waals surface area contributed by atoms with Gasteiger partial charge in [-0.3, -0.25) is 0 Å². The summed E-state index contributed by atoms with van der Waals surface area (Å²) < 4.78 is 0.934. The molecule has 0 saturated heterocycles. The van der Waals surface area contributed by atoms with E-state index in [4.69, 9.17) is 5.11 Å². The smallest absolute Gasteiger partial charge is 0.365 e. The summed E-state index contributed by atoms with van der Waals surface area (Å²) in [5.74, 6) is -0.355. The van der Waals surface area contributed by atoms with E-state index in [0.717, 1.165) is 26.5 Å². The van der Waals surface area contributed by atoms with Gasteiger partial charge in [0.25, 0.3) is 0 Å². The van der Waals surface area contributed by atoms with E-state index in [1.165, 1.54) is 11.8 Å². The number of hydrogen-bond donors (Lipinski definition) is 1. The molecular formula is C10H7BrN2O2S2. The summed E-state index contributed by atoms with van der Waals surface area (Å²) in [6.07, 6.45) is 1.73. The molecular weight excluding hydrogens is 324 g/mol. The Hall–Kier alpha value is -0.920. The van der Waals surface area contributed by atoms with Gasteiger partial charge >= 0.3 is 5.97 Å². The van der Waals surface area contributed by atoms with Crippen LogP contribution in [0.3, 0.4) is 0 Å². The number of carboxylic acids is 1. The maximum absolute atomic E-state index is 10.6. The highest BCUT2D eigenvalue weighted by Gasteiger charge is 2.09. The predicted molar refractivity (Wildman–Crippen MR) is 70.6 cm³/mol. The third-order valence-corrected chi connectivity index (χ3v) is 4.13. The standard InChI is InChI=1S/C10H7BrN2O2S2/c11-6-1-2-8(12-3-6)16-4-7-5-17-9(13-7)10(14)15/h1-3,5H,4H2,(H,14,15). The number of hydrogen-bond acceptors (Lipinski definition) is 5. The first-order valence-electron chi connectivity index (χ1n) is 4.57. The SMILES string of the molecule is O=C(O)c1nc(CSc2ccc(Br)cn2)cs1. The van der Waals surface area contributed by atoms with Gasteiger partial charge in [0, 0.05) is 21.8 Å². The van der Waals surface area contributed by atoms with Gasteiger partial charge in [0.2, 0.25) is 5.01 Å². The number of pyridine rings is 1. The molecule has 0 spiro atoms. The third-order valence-electron chi connectivity index (χ3n) is 1.80. The van der Waals surface area contributed by atoms with Crippen molar-refractivity contribution in [2.45, 2.75) is 10.8 Å². The van der Waals surface area contributed by atoms with Crippen LogP contribution in [0.25, 0.3) is 0 Å². The molecule has 0 unspecified atom stereocenters. The van der Waals surface area contributed by atoms with Crippen molar-refractivity contribution in [2.75, 3.05) is 0 Å². The van der Waals surface area contributed by atoms with Crippen LogP contribution >= 0.6 is 39.0 Å². The molecule has 7 heteroatoms. The van der Waals surface area contributed by atoms with E-state index in [0.29, 0.717) is 5.75 Å². The monoisotopic (exact) mass is 330 g/mol. The zero-order valence-electron chi connectivity index (χ0n) is 8.46. The van der Waals surface area contributed by atoms with Gasteiger partial charge in [-0.25, -0.2) is 14.8 Å². The summed E-state index contributed by atoms with van der Waals surface area (Å²) in [7, 11) is 0. The molecule has 0 atom stereocenters. The molecule has 2 aromatic rings. The van der Waals surface area contributed by atoms with Gasteiger partial charge in [-0.1, -0.05) is 0 Å². The van der Waals surface area contributed by atoms with Crippen LogP contribution in [0.5, 0.6) is 0 Å². The van der Waals surface area contributed by atoms with Gasteiger partial charge < -0.3 is 5.11 Å². The third kappa shape index (κ3) is 3.52. The summed E-state index contributed by atoms with van der Waals surface area (Å²) in [5, 5.41) is 11.5. The fourth-order valence-electron chi connectivity index (χ4n) is 1.07. The predicted octanol–water partition coefficient (Wildman–Crippen LogP) is 3.29. The van der Waals surface area contributed by atoms with Crippen LogP contribution in [0.1, 0.15) is 15.5 Å². The van der Waals surface area contributed by atoms with E-state index in [-0.39, 0.29) is 5.01 Å². The van der Waals surface area contributed by atoms with Gasteiger partial charge in [-0.05, 0) is 28.1 Å². The molecule has 2 aromatic heterocycles. The highest BCUT2D eigenvalue weighted by Crippen LogP contribution is 2.22. The van der Waals surface area contributed by atoms with Crippen LogP contribution in [0.4, 0.5) is 0 Å². The molecule has 0 amide bonds. The fourth-order valence-corrected chi connectivity index (χ4v) is 2.80. The number of rotatable bonds is 4. The van der Waals surface area contributed by atoms with Crippen LogP contribution < -0.4 is 0 Å². The average molecular weight is 331 g/mol. The molecule has 0 fully saturated rings. The quantitative estimate of drug-likeness (QED) is 0.871. The Labute approximate surface area is 114 Å². The number of nitrogens with zero attached hydrogens (tertiary/aromatic N) is 2. The van der Waals surface area contributed by atoms with Gasteiger partial charge in [-0.2, -0.15) is 0 Å². The lowest BCUT2D eigenvalue weighted by Gasteiger charge is -1.98. The molecule has 4 nitrogen and oxygen atoms in total. The molecule has 17 heavy (non-hydrogen) atoms. The second-order valence-corrected chi connectivity index (χ2v) is 5.82. The Bertz CT molecular complexity index is 527. The zero-order valence-corrected chi connectivity index (χ0v) is 11.7. The van der Waals surface area contributed by atoms with Crippen molar-refractivity contribution < 1.29 is 9.90 Å². The highest BCUT2D eigenvalue weighted by molar-refractivity contribution is 9.10. The fraction of sp³-hybridized carbons (Fsp3) is 0.100. The summed E-state index contributed by atoms with van der Waals surface area (Å²) in [6.45, 7) is 0. The lowest BCUT2D eigenvalue weighted by Crippen LogP contribution is -1.95. The summed E-state index contributed by atoms with van der Waals surface area (Å²) in [4.78, 5) is 18.9. The van der Waals surface area contributed by atoms with E-state index in [9.17, 15) is 4.79 Å². The number of aromatic carboxylic acids is 1. The largest absolute Gasteiger partial charge is 0.476 e. The van der Waals surface area contributed by atoms with Crippen LogP contribution in [0, 0.1) is 0 Å². The van der Waals surface area contributed by atoms with Crippen molar-refractivity contribution in [1.82, 2.24) is 9.97 Å². The molecule has 0 radical (unpaired) electrons. The first-order chi connectivity index (χ1) is 8.15. The summed E-state index contributed by atoms with van der Waals surface area (Å²) >= 11 is 5.98. The van der Waals surface area contributed by atoms with E-state index >= 15 is 0 Å². The van der Waals surface area contributed by atoms with Crippen molar-refractivity contribution in [3.05, 3.63) is 38.9 Å². The maximum Gasteiger partial charge on any atom is 0.365 e. The summed E-state index contributed by atoms with van der Waals surface area (Å²) in [6, 6.07) is 3.82. The zero-order chi connectivity index (χ0) is 12.3. The minimum atomic E-state index is -0.979. The normalized spacial score (nSPS) is 10.4. The maximum atomic E-state index is 10.6. The molecule has 0 saturated carbocycles. The number of aromatic nitrogens is 2. The Balaban J connectivity index is 1.97. The van der Waals surface area contributed by atoms with Gasteiger partial charge in [0.05, 0.1) is 10.7 Å². The minimum Gasteiger partial charge on any atom is -0.476 e. The second-order valence-electron chi connectivity index (χ2n) is 3.05. The molecule has 0 aliphatic rings. The number of halogens is 1. The number of thiazole rings is 1. The Morgan fingerprint density at radius 3 is 2.94 bits per heavy atom. The molecule has 0 aromatic carbocycles. The van der Waals surface area contributed by atoms with Crippen molar-refractivity contribution in [2.24, 2.45) is 0 Å². The van der Waals surface area contributed by atoms with E-state index in [1.54, 1.807) is 11.6 Å². The van der Waals surface area contributed by atoms with E-state index in [1.807, 2.05) is 12.1 Å². The van der Waals surface area contributed by atoms with Crippen molar-refractivity contribution in [1.29, 1.82) is 0 Å². The van der Waals surface area contributed by atoms with Gasteiger partial charge in [0.15, 0.2) is 0 Å². The second kappa shape index (κ2) is 5.61. The number of carbonyl (C=O) groups is 1. The lowest BCUT2D eigenvalue weighted by atomic mass is 10.5. The Morgan fingerprint density at radius 1 is 1.53 bits per heavy atom. The molecule has 0 aliphatic heterocycles. The number of thioether (sulfide) groups is 1. The molecule has 0 aliphatic carbocycles. The van der Waals surface area contributed by atoms with Gasteiger partial charge in [0.1, 0.15) is 0 Å². The van der Waals surface area contributed by atoms with Crippen molar-refractivity contribution >= 4 is 45.0 Å². The van der Waals surface area contributed by atoms with Crippen LogP contribution in [-0.2, 0) is 5.75 Å². The Morgan fingerprint density at radius 2 is 2.35 bits per heavy atom. The molecule has 1 N–H and O–H groups in total.